The van der Waals surface area contributed by atoms with E-state index in [1.54, 1.807) is 24.3 Å². The number of amides is 2. The molecule has 1 rings (SSSR count). The predicted molar refractivity (Wildman–Crippen MR) is 72.9 cm³/mol. The second-order valence-electron chi connectivity index (χ2n) is 4.20. The van der Waals surface area contributed by atoms with Gasteiger partial charge in [0.05, 0.1) is 6.61 Å². The zero-order chi connectivity index (χ0) is 14.8. The van der Waals surface area contributed by atoms with Crippen LogP contribution in [0.15, 0.2) is 34.5 Å². The van der Waals surface area contributed by atoms with Crippen LogP contribution in [-0.2, 0) is 4.74 Å². The second kappa shape index (κ2) is 8.79. The summed E-state index contributed by atoms with van der Waals surface area (Å²) >= 11 is 0. The number of rotatable bonds is 5. The topological polar surface area (TPSA) is 77.3 Å². The molecule has 20 heavy (non-hydrogen) atoms. The first-order valence-corrected chi connectivity index (χ1v) is 6.48. The van der Waals surface area contributed by atoms with Crippen LogP contribution in [-0.4, -0.2) is 18.8 Å². The maximum absolute atomic E-state index is 11.3. The number of carbonyl (C=O) groups is 2. The number of aryl methyl sites for hydroxylation is 1. The van der Waals surface area contributed by atoms with Gasteiger partial charge in [-0.15, -0.1) is 0 Å². The molecule has 6 nitrogen and oxygen atoms in total. The van der Waals surface area contributed by atoms with Crippen LogP contribution < -0.4 is 4.74 Å². The highest BCUT2D eigenvalue weighted by Crippen LogP contribution is 2.12. The van der Waals surface area contributed by atoms with E-state index in [4.69, 9.17) is 9.47 Å². The molecule has 6 heteroatoms. The van der Waals surface area contributed by atoms with Crippen molar-refractivity contribution >= 4 is 12.2 Å². The first-order chi connectivity index (χ1) is 9.61. The summed E-state index contributed by atoms with van der Waals surface area (Å²) in [6, 6.07) is 6.85. The van der Waals surface area contributed by atoms with Crippen molar-refractivity contribution < 1.29 is 19.1 Å². The fraction of sp³-hybridized carbons (Fsp3) is 0.429. The number of unbranched alkanes of at least 4 members (excludes halogenated alkanes) is 2. The molecule has 0 N–H and O–H groups in total. The van der Waals surface area contributed by atoms with Crippen molar-refractivity contribution in [1.82, 2.24) is 0 Å². The van der Waals surface area contributed by atoms with Gasteiger partial charge in [-0.1, -0.05) is 47.7 Å². The molecule has 108 valence electrons. The molecule has 0 saturated carbocycles. The normalized spacial score (nSPS) is 10.5. The van der Waals surface area contributed by atoms with Gasteiger partial charge in [0.2, 0.25) is 0 Å². The first-order valence-electron chi connectivity index (χ1n) is 6.48. The van der Waals surface area contributed by atoms with Crippen LogP contribution in [0.4, 0.5) is 9.59 Å². The number of hydrogen-bond acceptors (Lipinski definition) is 4. The highest BCUT2D eigenvalue weighted by atomic mass is 16.6. The molecule has 0 bridgehead atoms. The Kier molecular flexibility index (Phi) is 6.95. The summed E-state index contributed by atoms with van der Waals surface area (Å²) in [4.78, 5) is 22.4. The van der Waals surface area contributed by atoms with Crippen LogP contribution in [0.1, 0.15) is 31.7 Å². The second-order valence-corrected chi connectivity index (χ2v) is 4.20. The molecule has 0 fully saturated rings. The molecule has 2 amide bonds. The van der Waals surface area contributed by atoms with Gasteiger partial charge in [0, 0.05) is 0 Å². The molecule has 0 aliphatic rings. The molecule has 0 unspecified atom stereocenters. The molecule has 0 heterocycles. The van der Waals surface area contributed by atoms with E-state index >= 15 is 0 Å². The van der Waals surface area contributed by atoms with Gasteiger partial charge in [0.25, 0.3) is 0 Å². The summed E-state index contributed by atoms with van der Waals surface area (Å²) in [7, 11) is 0. The third-order valence-corrected chi connectivity index (χ3v) is 2.41. The molecule has 0 aromatic heterocycles. The van der Waals surface area contributed by atoms with Crippen LogP contribution in [0.2, 0.25) is 0 Å². The Morgan fingerprint density at radius 3 is 2.35 bits per heavy atom. The van der Waals surface area contributed by atoms with Crippen LogP contribution in [0, 0.1) is 6.92 Å². The van der Waals surface area contributed by atoms with E-state index in [0.717, 1.165) is 24.8 Å². The molecule has 0 saturated heterocycles. The van der Waals surface area contributed by atoms with E-state index in [1.807, 2.05) is 13.8 Å². The average molecular weight is 278 g/mol. The third kappa shape index (κ3) is 6.63. The van der Waals surface area contributed by atoms with E-state index in [9.17, 15) is 9.59 Å². The number of carbonyl (C=O) groups excluding carboxylic acids is 2. The lowest BCUT2D eigenvalue weighted by Gasteiger charge is -2.00. The van der Waals surface area contributed by atoms with Gasteiger partial charge in [0.1, 0.15) is 5.75 Å². The van der Waals surface area contributed by atoms with Gasteiger partial charge in [-0.05, 0) is 25.5 Å². The highest BCUT2D eigenvalue weighted by molar-refractivity contribution is 5.74. The minimum Gasteiger partial charge on any atom is -0.447 e. The largest absolute Gasteiger partial charge is 0.458 e. The standard InChI is InChI=1S/C14H18N2O4/c1-3-4-5-10-19-13(17)15-16-14(18)20-12-8-6-11(2)7-9-12/h6-9H,3-5,10H2,1-2H3/b16-15+. The van der Waals surface area contributed by atoms with E-state index in [1.165, 1.54) is 0 Å². The van der Waals surface area contributed by atoms with Crippen molar-refractivity contribution in [2.24, 2.45) is 10.2 Å². The lowest BCUT2D eigenvalue weighted by molar-refractivity contribution is 0.152. The summed E-state index contributed by atoms with van der Waals surface area (Å²) in [5.74, 6) is 0.343. The smallest absolute Gasteiger partial charge is 0.447 e. The lowest BCUT2D eigenvalue weighted by atomic mass is 10.2. The van der Waals surface area contributed by atoms with Gasteiger partial charge in [-0.3, -0.25) is 0 Å². The Morgan fingerprint density at radius 1 is 1.05 bits per heavy atom. The SMILES string of the molecule is CCCCCOC(=O)/N=N/C(=O)Oc1ccc(C)cc1. The molecule has 0 aliphatic heterocycles. The molecule has 0 radical (unpaired) electrons. The zero-order valence-corrected chi connectivity index (χ0v) is 11.7. The Bertz CT molecular complexity index is 469. The van der Waals surface area contributed by atoms with Crippen molar-refractivity contribution in [2.75, 3.05) is 6.61 Å². The zero-order valence-electron chi connectivity index (χ0n) is 11.7. The average Bonchev–Trinajstić information content (AvgIpc) is 2.44. The van der Waals surface area contributed by atoms with Crippen molar-refractivity contribution in [3.8, 4) is 5.75 Å². The van der Waals surface area contributed by atoms with Crippen LogP contribution >= 0.6 is 0 Å². The Hall–Kier alpha value is -2.24. The quantitative estimate of drug-likeness (QED) is 0.595. The maximum Gasteiger partial charge on any atom is 0.458 e. The van der Waals surface area contributed by atoms with Gasteiger partial charge in [-0.25, -0.2) is 9.59 Å². The Morgan fingerprint density at radius 2 is 1.70 bits per heavy atom. The molecule has 1 aromatic rings. The van der Waals surface area contributed by atoms with Gasteiger partial charge >= 0.3 is 12.2 Å². The summed E-state index contributed by atoms with van der Waals surface area (Å²) in [5, 5.41) is 6.25. The highest BCUT2D eigenvalue weighted by Gasteiger charge is 2.05. The summed E-state index contributed by atoms with van der Waals surface area (Å²) in [6.07, 6.45) is 0.925. The van der Waals surface area contributed by atoms with E-state index < -0.39 is 12.2 Å². The molecular weight excluding hydrogens is 260 g/mol. The van der Waals surface area contributed by atoms with E-state index in [2.05, 4.69) is 10.2 Å². The van der Waals surface area contributed by atoms with Crippen molar-refractivity contribution in [1.29, 1.82) is 0 Å². The van der Waals surface area contributed by atoms with Crippen LogP contribution in [0.25, 0.3) is 0 Å². The minimum atomic E-state index is -0.959. The lowest BCUT2D eigenvalue weighted by Crippen LogP contribution is -2.04. The van der Waals surface area contributed by atoms with E-state index in [-0.39, 0.29) is 6.61 Å². The number of nitrogens with zero attached hydrogens (tertiary/aromatic N) is 2. The molecule has 0 atom stereocenters. The molecule has 0 spiro atoms. The Balaban J connectivity index is 2.32. The summed E-state index contributed by atoms with van der Waals surface area (Å²) in [5.41, 5.74) is 1.04. The first kappa shape index (κ1) is 15.8. The number of hydrogen-bond donors (Lipinski definition) is 0. The van der Waals surface area contributed by atoms with Crippen molar-refractivity contribution in [3.63, 3.8) is 0 Å². The third-order valence-electron chi connectivity index (χ3n) is 2.41. The summed E-state index contributed by atoms with van der Waals surface area (Å²) < 4.78 is 9.61. The molecule has 1 aromatic carbocycles. The molecular formula is C14H18N2O4. The van der Waals surface area contributed by atoms with Crippen LogP contribution in [0.3, 0.4) is 0 Å². The van der Waals surface area contributed by atoms with Gasteiger partial charge < -0.3 is 9.47 Å². The van der Waals surface area contributed by atoms with Crippen molar-refractivity contribution in [3.05, 3.63) is 29.8 Å². The van der Waals surface area contributed by atoms with E-state index in [0.29, 0.717) is 5.75 Å². The fourth-order valence-electron chi connectivity index (χ4n) is 1.35. The van der Waals surface area contributed by atoms with Gasteiger partial charge in [0.15, 0.2) is 0 Å². The Labute approximate surface area is 117 Å². The molecule has 0 aliphatic carbocycles. The number of ether oxygens (including phenoxy) is 2. The van der Waals surface area contributed by atoms with Crippen LogP contribution in [0.5, 0.6) is 5.75 Å². The summed E-state index contributed by atoms with van der Waals surface area (Å²) in [6.45, 7) is 4.24. The maximum atomic E-state index is 11.3. The number of benzene rings is 1. The van der Waals surface area contributed by atoms with Crippen molar-refractivity contribution in [2.45, 2.75) is 33.1 Å². The minimum absolute atomic E-state index is 0.276. The predicted octanol–water partition coefficient (Wildman–Crippen LogP) is 4.27. The monoisotopic (exact) mass is 278 g/mol. The fourth-order valence-corrected chi connectivity index (χ4v) is 1.35. The van der Waals surface area contributed by atoms with Gasteiger partial charge in [-0.2, -0.15) is 0 Å². The number of azo groups is 1.